The highest BCUT2D eigenvalue weighted by Crippen LogP contribution is 2.18. The second-order valence-corrected chi connectivity index (χ2v) is 5.26. The molecule has 0 saturated carbocycles. The van der Waals surface area contributed by atoms with E-state index in [9.17, 15) is 4.79 Å². The number of para-hydroxylation sites is 1. The first-order valence-corrected chi connectivity index (χ1v) is 7.62. The van der Waals surface area contributed by atoms with Crippen molar-refractivity contribution in [2.45, 2.75) is 33.2 Å². The predicted molar refractivity (Wildman–Crippen MR) is 85.2 cm³/mol. The van der Waals surface area contributed by atoms with Gasteiger partial charge in [-0.05, 0) is 26.3 Å². The molecule has 1 aromatic heterocycles. The molecule has 0 radical (unpaired) electrons. The number of aliphatic hydroxyl groups excluding tert-OH is 1. The fourth-order valence-corrected chi connectivity index (χ4v) is 2.33. The Morgan fingerprint density at radius 1 is 1.35 bits per heavy atom. The quantitative estimate of drug-likeness (QED) is 0.776. The highest BCUT2D eigenvalue weighted by Gasteiger charge is 2.11. The van der Waals surface area contributed by atoms with Gasteiger partial charge in [0.05, 0.1) is 12.3 Å². The first-order valence-electron chi connectivity index (χ1n) is 7.62. The number of ether oxygens (including phenoxy) is 1. The van der Waals surface area contributed by atoms with Gasteiger partial charge in [0.1, 0.15) is 18.1 Å². The standard InChI is InChI=1S/C17H22N2O4/c1-12-15(13(2)23-19-12)7-8-17(21)18-11-14-5-3-4-6-16(14)22-10-9-20/h3-6,20H,7-11H2,1-2H3,(H,18,21). The number of nitrogens with one attached hydrogen (secondary N) is 1. The highest BCUT2D eigenvalue weighted by atomic mass is 16.5. The van der Waals surface area contributed by atoms with Crippen molar-refractivity contribution in [3.8, 4) is 5.75 Å². The van der Waals surface area contributed by atoms with Crippen molar-refractivity contribution in [3.63, 3.8) is 0 Å². The lowest BCUT2D eigenvalue weighted by Gasteiger charge is -2.11. The van der Waals surface area contributed by atoms with Gasteiger partial charge in [-0.1, -0.05) is 23.4 Å². The van der Waals surface area contributed by atoms with Gasteiger partial charge in [0.2, 0.25) is 5.91 Å². The van der Waals surface area contributed by atoms with Crippen LogP contribution in [0.25, 0.3) is 0 Å². The van der Waals surface area contributed by atoms with E-state index in [0.29, 0.717) is 25.1 Å². The number of rotatable bonds is 8. The first kappa shape index (κ1) is 17.0. The Morgan fingerprint density at radius 2 is 2.13 bits per heavy atom. The zero-order valence-corrected chi connectivity index (χ0v) is 13.5. The number of aryl methyl sites for hydroxylation is 2. The topological polar surface area (TPSA) is 84.6 Å². The molecule has 2 rings (SSSR count). The van der Waals surface area contributed by atoms with E-state index in [1.54, 1.807) is 0 Å². The van der Waals surface area contributed by atoms with E-state index in [4.69, 9.17) is 14.4 Å². The van der Waals surface area contributed by atoms with Crippen LogP contribution in [-0.4, -0.2) is 29.4 Å². The van der Waals surface area contributed by atoms with Crippen LogP contribution in [-0.2, 0) is 17.8 Å². The summed E-state index contributed by atoms with van der Waals surface area (Å²) in [6.45, 7) is 4.30. The van der Waals surface area contributed by atoms with Crippen molar-refractivity contribution in [3.05, 3.63) is 46.8 Å². The van der Waals surface area contributed by atoms with Crippen LogP contribution < -0.4 is 10.1 Å². The molecule has 0 aliphatic rings. The third-order valence-electron chi connectivity index (χ3n) is 3.58. The van der Waals surface area contributed by atoms with Gasteiger partial charge >= 0.3 is 0 Å². The third kappa shape index (κ3) is 4.82. The molecule has 1 aromatic carbocycles. The maximum atomic E-state index is 12.0. The summed E-state index contributed by atoms with van der Waals surface area (Å²) in [5, 5.41) is 15.6. The maximum Gasteiger partial charge on any atom is 0.220 e. The lowest BCUT2D eigenvalue weighted by molar-refractivity contribution is -0.121. The molecule has 0 unspecified atom stereocenters. The number of carbonyl (C=O) groups excluding carboxylic acids is 1. The molecule has 0 aliphatic carbocycles. The van der Waals surface area contributed by atoms with Crippen LogP contribution in [0, 0.1) is 13.8 Å². The van der Waals surface area contributed by atoms with E-state index >= 15 is 0 Å². The van der Waals surface area contributed by atoms with Gasteiger partial charge in [0, 0.05) is 24.1 Å². The van der Waals surface area contributed by atoms with Crippen LogP contribution >= 0.6 is 0 Å². The first-order chi connectivity index (χ1) is 11.1. The third-order valence-corrected chi connectivity index (χ3v) is 3.58. The molecule has 124 valence electrons. The molecule has 1 amide bonds. The van der Waals surface area contributed by atoms with Crippen molar-refractivity contribution < 1.29 is 19.2 Å². The summed E-state index contributed by atoms with van der Waals surface area (Å²) in [5.74, 6) is 1.40. The molecular formula is C17H22N2O4. The summed E-state index contributed by atoms with van der Waals surface area (Å²) in [6, 6.07) is 7.45. The molecular weight excluding hydrogens is 296 g/mol. The molecule has 0 fully saturated rings. The van der Waals surface area contributed by atoms with E-state index in [1.165, 1.54) is 0 Å². The molecule has 0 atom stereocenters. The van der Waals surface area contributed by atoms with Gasteiger partial charge in [-0.2, -0.15) is 0 Å². The Bertz CT molecular complexity index is 632. The molecule has 2 aromatic rings. The number of hydrogen-bond acceptors (Lipinski definition) is 5. The van der Waals surface area contributed by atoms with Crippen molar-refractivity contribution in [2.75, 3.05) is 13.2 Å². The van der Waals surface area contributed by atoms with E-state index < -0.39 is 0 Å². The van der Waals surface area contributed by atoms with Gasteiger partial charge in [0.25, 0.3) is 0 Å². The largest absolute Gasteiger partial charge is 0.491 e. The normalized spacial score (nSPS) is 10.6. The van der Waals surface area contributed by atoms with E-state index in [0.717, 1.165) is 22.6 Å². The van der Waals surface area contributed by atoms with E-state index in [2.05, 4.69) is 10.5 Å². The number of carbonyl (C=O) groups is 1. The summed E-state index contributed by atoms with van der Waals surface area (Å²) in [5.41, 5.74) is 2.71. The number of aliphatic hydroxyl groups is 1. The smallest absolute Gasteiger partial charge is 0.220 e. The fraction of sp³-hybridized carbons (Fsp3) is 0.412. The SMILES string of the molecule is Cc1noc(C)c1CCC(=O)NCc1ccccc1OCCO. The summed E-state index contributed by atoms with van der Waals surface area (Å²) < 4.78 is 10.5. The van der Waals surface area contributed by atoms with Crippen LogP contribution in [0.15, 0.2) is 28.8 Å². The van der Waals surface area contributed by atoms with Crippen molar-refractivity contribution in [2.24, 2.45) is 0 Å². The second-order valence-electron chi connectivity index (χ2n) is 5.26. The average molecular weight is 318 g/mol. The van der Waals surface area contributed by atoms with Crippen LogP contribution in [0.3, 0.4) is 0 Å². The molecule has 0 aliphatic heterocycles. The Balaban J connectivity index is 1.85. The molecule has 23 heavy (non-hydrogen) atoms. The van der Waals surface area contributed by atoms with Crippen molar-refractivity contribution >= 4 is 5.91 Å². The zero-order valence-electron chi connectivity index (χ0n) is 13.5. The Morgan fingerprint density at radius 3 is 2.83 bits per heavy atom. The fourth-order valence-electron chi connectivity index (χ4n) is 2.33. The molecule has 1 heterocycles. The number of aromatic nitrogens is 1. The maximum absolute atomic E-state index is 12.0. The van der Waals surface area contributed by atoms with Gasteiger partial charge in [-0.15, -0.1) is 0 Å². The van der Waals surface area contributed by atoms with Crippen LogP contribution in [0.2, 0.25) is 0 Å². The molecule has 0 bridgehead atoms. The summed E-state index contributed by atoms with van der Waals surface area (Å²) in [4.78, 5) is 12.0. The van der Waals surface area contributed by atoms with Gasteiger partial charge in [0.15, 0.2) is 0 Å². The number of benzene rings is 1. The molecule has 6 nitrogen and oxygen atoms in total. The van der Waals surface area contributed by atoms with Gasteiger partial charge in [-0.25, -0.2) is 0 Å². The highest BCUT2D eigenvalue weighted by molar-refractivity contribution is 5.76. The molecule has 2 N–H and O–H groups in total. The number of hydrogen-bond donors (Lipinski definition) is 2. The molecule has 6 heteroatoms. The Labute approximate surface area is 135 Å². The lowest BCUT2D eigenvalue weighted by atomic mass is 10.1. The van der Waals surface area contributed by atoms with E-state index in [1.807, 2.05) is 38.1 Å². The Hall–Kier alpha value is -2.34. The van der Waals surface area contributed by atoms with E-state index in [-0.39, 0.29) is 19.1 Å². The van der Waals surface area contributed by atoms with Crippen LogP contribution in [0.1, 0.15) is 29.0 Å². The predicted octanol–water partition coefficient (Wildman–Crippen LogP) is 1.91. The minimum absolute atomic E-state index is 0.0399. The minimum Gasteiger partial charge on any atom is -0.491 e. The number of nitrogens with zero attached hydrogens (tertiary/aromatic N) is 1. The summed E-state index contributed by atoms with van der Waals surface area (Å²) in [7, 11) is 0. The lowest BCUT2D eigenvalue weighted by Crippen LogP contribution is -2.23. The monoisotopic (exact) mass is 318 g/mol. The van der Waals surface area contributed by atoms with Crippen molar-refractivity contribution in [1.82, 2.24) is 10.5 Å². The van der Waals surface area contributed by atoms with Gasteiger partial charge in [-0.3, -0.25) is 4.79 Å². The molecule has 0 saturated heterocycles. The zero-order chi connectivity index (χ0) is 16.7. The van der Waals surface area contributed by atoms with Crippen molar-refractivity contribution in [1.29, 1.82) is 0 Å². The molecule has 0 spiro atoms. The van der Waals surface area contributed by atoms with Crippen LogP contribution in [0.5, 0.6) is 5.75 Å². The number of amides is 1. The Kier molecular flexibility index (Phi) is 6.17. The minimum atomic E-state index is -0.0435. The second kappa shape index (κ2) is 8.33. The van der Waals surface area contributed by atoms with Gasteiger partial charge < -0.3 is 19.7 Å². The van der Waals surface area contributed by atoms with Crippen LogP contribution in [0.4, 0.5) is 0 Å². The summed E-state index contributed by atoms with van der Waals surface area (Å²) in [6.07, 6.45) is 0.984. The summed E-state index contributed by atoms with van der Waals surface area (Å²) >= 11 is 0. The average Bonchev–Trinajstić information content (AvgIpc) is 2.88.